The van der Waals surface area contributed by atoms with Gasteiger partial charge in [-0.15, -0.1) is 0 Å². The highest BCUT2D eigenvalue weighted by molar-refractivity contribution is 5.71. The molecule has 0 unspecified atom stereocenters. The van der Waals surface area contributed by atoms with Crippen LogP contribution >= 0.6 is 0 Å². The standard InChI is InChI=1S/C10H18N2O3.C2H6/c1-2-14-9(13)5-12-6-10(7-12)3-8(4-10)15-11;1-2/h8H,2-7,11H2,1H3;1-2H3. The van der Waals surface area contributed by atoms with Crippen LogP contribution < -0.4 is 5.90 Å². The van der Waals surface area contributed by atoms with Gasteiger partial charge in [0.1, 0.15) is 0 Å². The first kappa shape index (κ1) is 14.4. The fourth-order valence-corrected chi connectivity index (χ4v) is 2.66. The fraction of sp³-hybridized carbons (Fsp3) is 0.917. The second kappa shape index (κ2) is 6.33. The molecule has 1 aliphatic carbocycles. The van der Waals surface area contributed by atoms with Crippen LogP contribution in [0.4, 0.5) is 0 Å². The van der Waals surface area contributed by atoms with E-state index in [1.807, 2.05) is 20.8 Å². The summed E-state index contributed by atoms with van der Waals surface area (Å²) in [7, 11) is 0. The molecule has 0 aromatic heterocycles. The third kappa shape index (κ3) is 3.40. The minimum atomic E-state index is -0.127. The summed E-state index contributed by atoms with van der Waals surface area (Å²) in [5, 5.41) is 0. The zero-order valence-electron chi connectivity index (χ0n) is 11.1. The Morgan fingerprint density at radius 1 is 1.41 bits per heavy atom. The first-order chi connectivity index (χ1) is 8.17. The van der Waals surface area contributed by atoms with Gasteiger partial charge in [0.25, 0.3) is 0 Å². The lowest BCUT2D eigenvalue weighted by Crippen LogP contribution is -2.65. The topological polar surface area (TPSA) is 64.8 Å². The maximum absolute atomic E-state index is 11.2. The van der Waals surface area contributed by atoms with E-state index in [4.69, 9.17) is 15.5 Å². The van der Waals surface area contributed by atoms with Crippen LogP contribution in [0.25, 0.3) is 0 Å². The van der Waals surface area contributed by atoms with E-state index >= 15 is 0 Å². The Kier molecular flexibility index (Phi) is 5.36. The largest absolute Gasteiger partial charge is 0.465 e. The van der Waals surface area contributed by atoms with Gasteiger partial charge < -0.3 is 9.57 Å². The Morgan fingerprint density at radius 3 is 2.47 bits per heavy atom. The summed E-state index contributed by atoms with van der Waals surface area (Å²) in [6.07, 6.45) is 2.29. The average molecular weight is 244 g/mol. The molecule has 2 N–H and O–H groups in total. The Morgan fingerprint density at radius 2 is 2.00 bits per heavy atom. The predicted octanol–water partition coefficient (Wildman–Crippen LogP) is 0.930. The van der Waals surface area contributed by atoms with Crippen molar-refractivity contribution >= 4 is 5.97 Å². The van der Waals surface area contributed by atoms with Crippen molar-refractivity contribution in [3.63, 3.8) is 0 Å². The van der Waals surface area contributed by atoms with Crippen molar-refractivity contribution in [2.45, 2.75) is 39.7 Å². The van der Waals surface area contributed by atoms with Crippen molar-refractivity contribution in [3.8, 4) is 0 Å². The monoisotopic (exact) mass is 244 g/mol. The summed E-state index contributed by atoms with van der Waals surface area (Å²) in [4.78, 5) is 18.1. The molecule has 100 valence electrons. The van der Waals surface area contributed by atoms with Crippen LogP contribution in [0.5, 0.6) is 0 Å². The zero-order valence-corrected chi connectivity index (χ0v) is 11.1. The molecule has 2 fully saturated rings. The summed E-state index contributed by atoms with van der Waals surface area (Å²) < 4.78 is 4.89. The van der Waals surface area contributed by atoms with Crippen molar-refractivity contribution in [2.24, 2.45) is 11.3 Å². The van der Waals surface area contributed by atoms with Crippen molar-refractivity contribution in [1.29, 1.82) is 0 Å². The summed E-state index contributed by atoms with van der Waals surface area (Å²) in [6.45, 7) is 8.66. The normalized spacial score (nSPS) is 22.1. The Hall–Kier alpha value is -0.650. The van der Waals surface area contributed by atoms with Crippen LogP contribution in [0.15, 0.2) is 0 Å². The zero-order chi connectivity index (χ0) is 12.9. The van der Waals surface area contributed by atoms with Gasteiger partial charge in [-0.1, -0.05) is 13.8 Å². The van der Waals surface area contributed by atoms with Crippen molar-refractivity contribution in [1.82, 2.24) is 4.90 Å². The lowest BCUT2D eigenvalue weighted by Gasteiger charge is -2.58. The van der Waals surface area contributed by atoms with Crippen LogP contribution in [0.3, 0.4) is 0 Å². The molecular weight excluding hydrogens is 220 g/mol. The van der Waals surface area contributed by atoms with Gasteiger partial charge >= 0.3 is 5.97 Å². The summed E-state index contributed by atoms with van der Waals surface area (Å²) in [5.41, 5.74) is 0.385. The Balaban J connectivity index is 0.000000686. The molecule has 17 heavy (non-hydrogen) atoms. The SMILES string of the molecule is CC.CCOC(=O)CN1CC2(CC(ON)C2)C1. The molecule has 0 aromatic carbocycles. The number of likely N-dealkylation sites (tertiary alicyclic amines) is 1. The van der Waals surface area contributed by atoms with E-state index in [0.717, 1.165) is 25.9 Å². The van der Waals surface area contributed by atoms with Crippen molar-refractivity contribution in [3.05, 3.63) is 0 Å². The highest BCUT2D eigenvalue weighted by Crippen LogP contribution is 2.48. The van der Waals surface area contributed by atoms with E-state index in [1.54, 1.807) is 0 Å². The molecule has 1 saturated heterocycles. The number of hydrogen-bond acceptors (Lipinski definition) is 5. The Bertz CT molecular complexity index is 244. The number of carbonyl (C=O) groups excluding carboxylic acids is 1. The first-order valence-electron chi connectivity index (χ1n) is 6.41. The highest BCUT2D eigenvalue weighted by Gasteiger charge is 2.53. The highest BCUT2D eigenvalue weighted by atomic mass is 16.6. The fourth-order valence-electron chi connectivity index (χ4n) is 2.66. The van der Waals surface area contributed by atoms with Gasteiger partial charge in [0.15, 0.2) is 0 Å². The molecule has 0 atom stereocenters. The second-order valence-corrected chi connectivity index (χ2v) is 4.62. The van der Waals surface area contributed by atoms with Crippen LogP contribution in [0.2, 0.25) is 0 Å². The minimum absolute atomic E-state index is 0.127. The van der Waals surface area contributed by atoms with E-state index in [9.17, 15) is 4.79 Å². The molecule has 2 rings (SSSR count). The van der Waals surface area contributed by atoms with Crippen LogP contribution in [0, 0.1) is 5.41 Å². The molecule has 0 radical (unpaired) electrons. The summed E-state index contributed by atoms with van der Waals surface area (Å²) in [5.74, 6) is 4.97. The quantitative estimate of drug-likeness (QED) is 0.588. The molecule has 1 aliphatic heterocycles. The summed E-state index contributed by atoms with van der Waals surface area (Å²) >= 11 is 0. The maximum Gasteiger partial charge on any atom is 0.320 e. The van der Waals surface area contributed by atoms with Crippen molar-refractivity contribution < 1.29 is 14.4 Å². The minimum Gasteiger partial charge on any atom is -0.465 e. The molecule has 1 heterocycles. The van der Waals surface area contributed by atoms with Gasteiger partial charge in [0.05, 0.1) is 19.3 Å². The smallest absolute Gasteiger partial charge is 0.320 e. The van der Waals surface area contributed by atoms with E-state index in [0.29, 0.717) is 18.6 Å². The molecular formula is C12H24N2O3. The molecule has 2 aliphatic rings. The number of ether oxygens (including phenoxy) is 1. The van der Waals surface area contributed by atoms with Crippen LogP contribution in [-0.2, 0) is 14.4 Å². The van der Waals surface area contributed by atoms with E-state index in [1.165, 1.54) is 0 Å². The number of carbonyl (C=O) groups is 1. The van der Waals surface area contributed by atoms with Gasteiger partial charge in [0.2, 0.25) is 0 Å². The molecule has 0 aromatic rings. The van der Waals surface area contributed by atoms with Gasteiger partial charge in [-0.05, 0) is 19.8 Å². The van der Waals surface area contributed by atoms with Gasteiger partial charge in [0, 0.05) is 18.5 Å². The third-order valence-corrected chi connectivity index (χ3v) is 3.29. The van der Waals surface area contributed by atoms with Crippen LogP contribution in [0.1, 0.15) is 33.6 Å². The van der Waals surface area contributed by atoms with Crippen LogP contribution in [-0.4, -0.2) is 43.2 Å². The van der Waals surface area contributed by atoms with Gasteiger partial charge in [-0.2, -0.15) is 0 Å². The lowest BCUT2D eigenvalue weighted by molar-refractivity contribution is -0.166. The van der Waals surface area contributed by atoms with E-state index < -0.39 is 0 Å². The third-order valence-electron chi connectivity index (χ3n) is 3.29. The number of nitrogens with zero attached hydrogens (tertiary/aromatic N) is 1. The second-order valence-electron chi connectivity index (χ2n) is 4.62. The van der Waals surface area contributed by atoms with Gasteiger partial charge in [-0.3, -0.25) is 9.69 Å². The summed E-state index contributed by atoms with van der Waals surface area (Å²) in [6, 6.07) is 0. The molecule has 1 spiro atoms. The first-order valence-corrected chi connectivity index (χ1v) is 6.41. The van der Waals surface area contributed by atoms with E-state index in [2.05, 4.69) is 4.90 Å². The predicted molar refractivity (Wildman–Crippen MR) is 65.1 cm³/mol. The van der Waals surface area contributed by atoms with Crippen molar-refractivity contribution in [2.75, 3.05) is 26.2 Å². The lowest BCUT2D eigenvalue weighted by atomic mass is 9.62. The number of hydrogen-bond donors (Lipinski definition) is 1. The molecule has 1 saturated carbocycles. The Labute approximate surface area is 103 Å². The number of esters is 1. The average Bonchev–Trinajstić information content (AvgIpc) is 2.23. The molecule has 0 amide bonds. The molecule has 5 nitrogen and oxygen atoms in total. The van der Waals surface area contributed by atoms with Gasteiger partial charge in [-0.25, -0.2) is 5.90 Å². The molecule has 0 bridgehead atoms. The maximum atomic E-state index is 11.2. The number of nitrogens with two attached hydrogens (primary N) is 1. The molecule has 5 heteroatoms. The van der Waals surface area contributed by atoms with E-state index in [-0.39, 0.29) is 12.1 Å². The number of rotatable bonds is 4.